The van der Waals surface area contributed by atoms with Crippen molar-refractivity contribution in [2.45, 2.75) is 25.4 Å². The van der Waals surface area contributed by atoms with Crippen molar-refractivity contribution in [3.63, 3.8) is 0 Å². The summed E-state index contributed by atoms with van der Waals surface area (Å²) in [5.74, 6) is 0.0609. The number of halogens is 1. The molecule has 3 nitrogen and oxygen atoms in total. The molecule has 0 bridgehead atoms. The fourth-order valence-electron chi connectivity index (χ4n) is 1.75. The molecule has 1 fully saturated rings. The molecule has 0 aromatic carbocycles. The van der Waals surface area contributed by atoms with E-state index in [9.17, 15) is 4.79 Å². The average Bonchev–Trinajstić information content (AvgIpc) is 2.59. The van der Waals surface area contributed by atoms with E-state index in [1.165, 1.54) is 11.3 Å². The zero-order valence-electron chi connectivity index (χ0n) is 8.28. The maximum atomic E-state index is 11.7. The van der Waals surface area contributed by atoms with Crippen molar-refractivity contribution in [1.29, 1.82) is 0 Å². The van der Waals surface area contributed by atoms with Crippen LogP contribution >= 0.6 is 22.9 Å². The van der Waals surface area contributed by atoms with Crippen LogP contribution in [0.5, 0.6) is 0 Å². The smallest absolute Gasteiger partial charge is 0.239 e. The fraction of sp³-hybridized carbons (Fsp3) is 0.500. The van der Waals surface area contributed by atoms with Crippen molar-refractivity contribution in [2.75, 3.05) is 6.54 Å². The summed E-state index contributed by atoms with van der Waals surface area (Å²) in [6.07, 6.45) is 1.80. The Bertz CT molecular complexity index is 366. The quantitative estimate of drug-likeness (QED) is 0.863. The number of thiophene rings is 1. The van der Waals surface area contributed by atoms with Gasteiger partial charge < -0.3 is 10.6 Å². The molecule has 1 saturated heterocycles. The molecule has 2 heterocycles. The molecular weight excluding hydrogens is 232 g/mol. The third-order valence-corrected chi connectivity index (χ3v) is 3.76. The number of rotatable bonds is 2. The van der Waals surface area contributed by atoms with E-state index in [2.05, 4.69) is 0 Å². The molecule has 1 unspecified atom stereocenters. The molecule has 15 heavy (non-hydrogen) atoms. The fourth-order valence-corrected chi connectivity index (χ4v) is 2.86. The second-order valence-corrected chi connectivity index (χ2v) is 5.51. The Hall–Kier alpha value is -0.580. The molecule has 1 atom stereocenters. The van der Waals surface area contributed by atoms with Gasteiger partial charge in [-0.25, -0.2) is 0 Å². The van der Waals surface area contributed by atoms with Crippen LogP contribution in [0.2, 0.25) is 4.34 Å². The minimum absolute atomic E-state index is 0.0609. The molecule has 82 valence electrons. The predicted molar refractivity (Wildman–Crippen MR) is 62.0 cm³/mol. The monoisotopic (exact) mass is 244 g/mol. The Labute approximate surface area is 97.8 Å². The van der Waals surface area contributed by atoms with E-state index in [-0.39, 0.29) is 11.9 Å². The first-order chi connectivity index (χ1) is 7.16. The van der Waals surface area contributed by atoms with Crippen LogP contribution in [0.4, 0.5) is 0 Å². The number of carbonyl (C=O) groups excluding carboxylic acids is 1. The normalized spacial score (nSPS) is 22.1. The zero-order valence-corrected chi connectivity index (χ0v) is 9.85. The SMILES string of the molecule is NC1CCCN(Cc2ccc(Cl)s2)C1=O. The van der Waals surface area contributed by atoms with Gasteiger partial charge in [0.15, 0.2) is 0 Å². The van der Waals surface area contributed by atoms with Crippen LogP contribution in [0.25, 0.3) is 0 Å². The van der Waals surface area contributed by atoms with Crippen LogP contribution in [0.15, 0.2) is 12.1 Å². The van der Waals surface area contributed by atoms with Crippen LogP contribution in [0.1, 0.15) is 17.7 Å². The second kappa shape index (κ2) is 4.51. The molecule has 1 aliphatic heterocycles. The molecule has 1 aromatic rings. The minimum Gasteiger partial charge on any atom is -0.336 e. The van der Waals surface area contributed by atoms with E-state index in [1.54, 1.807) is 0 Å². The van der Waals surface area contributed by atoms with Gasteiger partial charge in [-0.3, -0.25) is 4.79 Å². The maximum Gasteiger partial charge on any atom is 0.239 e. The van der Waals surface area contributed by atoms with Gasteiger partial charge in [-0.15, -0.1) is 11.3 Å². The van der Waals surface area contributed by atoms with Crippen LogP contribution in [0.3, 0.4) is 0 Å². The van der Waals surface area contributed by atoms with Crippen molar-refractivity contribution in [1.82, 2.24) is 4.90 Å². The highest BCUT2D eigenvalue weighted by molar-refractivity contribution is 7.16. The number of carbonyl (C=O) groups is 1. The van der Waals surface area contributed by atoms with Gasteiger partial charge in [-0.1, -0.05) is 11.6 Å². The summed E-state index contributed by atoms with van der Waals surface area (Å²) in [6, 6.07) is 3.50. The highest BCUT2D eigenvalue weighted by atomic mass is 35.5. The number of likely N-dealkylation sites (tertiary alicyclic amines) is 1. The Morgan fingerprint density at radius 3 is 3.07 bits per heavy atom. The largest absolute Gasteiger partial charge is 0.336 e. The summed E-state index contributed by atoms with van der Waals surface area (Å²) >= 11 is 7.35. The predicted octanol–water partition coefficient (Wildman–Crippen LogP) is 1.85. The molecule has 0 aliphatic carbocycles. The number of piperidine rings is 1. The molecule has 0 radical (unpaired) electrons. The van der Waals surface area contributed by atoms with Crippen molar-refractivity contribution < 1.29 is 4.79 Å². The van der Waals surface area contributed by atoms with E-state index in [1.807, 2.05) is 17.0 Å². The summed E-state index contributed by atoms with van der Waals surface area (Å²) in [6.45, 7) is 1.45. The van der Waals surface area contributed by atoms with Crippen molar-refractivity contribution in [3.05, 3.63) is 21.3 Å². The van der Waals surface area contributed by atoms with E-state index < -0.39 is 0 Å². The zero-order chi connectivity index (χ0) is 10.8. The highest BCUT2D eigenvalue weighted by Gasteiger charge is 2.25. The van der Waals surface area contributed by atoms with Gasteiger partial charge in [0.25, 0.3) is 0 Å². The van der Waals surface area contributed by atoms with Gasteiger partial charge in [-0.05, 0) is 25.0 Å². The highest BCUT2D eigenvalue weighted by Crippen LogP contribution is 2.24. The molecule has 2 rings (SSSR count). The molecule has 1 aromatic heterocycles. The Balaban J connectivity index is 2.02. The maximum absolute atomic E-state index is 11.7. The standard InChI is InChI=1S/C10H13ClN2OS/c11-9-4-3-7(15-9)6-13-5-1-2-8(12)10(13)14/h3-4,8H,1-2,5-6,12H2. The Kier molecular flexibility index (Phi) is 3.29. The van der Waals surface area contributed by atoms with Crippen LogP contribution < -0.4 is 5.73 Å². The second-order valence-electron chi connectivity index (χ2n) is 3.71. The number of hydrogen-bond acceptors (Lipinski definition) is 3. The van der Waals surface area contributed by atoms with Crippen LogP contribution in [-0.2, 0) is 11.3 Å². The Morgan fingerprint density at radius 2 is 2.40 bits per heavy atom. The molecule has 5 heteroatoms. The number of hydrogen-bond donors (Lipinski definition) is 1. The first-order valence-corrected chi connectivity index (χ1v) is 6.15. The van der Waals surface area contributed by atoms with Gasteiger partial charge in [0.2, 0.25) is 5.91 Å². The Morgan fingerprint density at radius 1 is 1.60 bits per heavy atom. The lowest BCUT2D eigenvalue weighted by Crippen LogP contribution is -2.47. The average molecular weight is 245 g/mol. The van der Waals surface area contributed by atoms with Crippen molar-refractivity contribution in [2.24, 2.45) is 5.73 Å². The summed E-state index contributed by atoms with van der Waals surface area (Å²) in [4.78, 5) is 14.6. The first-order valence-electron chi connectivity index (χ1n) is 4.95. The summed E-state index contributed by atoms with van der Waals surface area (Å²) in [5.41, 5.74) is 5.71. The molecular formula is C10H13ClN2OS. The van der Waals surface area contributed by atoms with Crippen molar-refractivity contribution in [3.8, 4) is 0 Å². The molecule has 1 aliphatic rings. The van der Waals surface area contributed by atoms with Gasteiger partial charge >= 0.3 is 0 Å². The number of nitrogens with two attached hydrogens (primary N) is 1. The molecule has 0 saturated carbocycles. The minimum atomic E-state index is -0.311. The topological polar surface area (TPSA) is 46.3 Å². The van der Waals surface area contributed by atoms with Gasteiger partial charge in [-0.2, -0.15) is 0 Å². The van der Waals surface area contributed by atoms with Gasteiger partial charge in [0.1, 0.15) is 0 Å². The first kappa shape index (κ1) is 10.9. The molecule has 0 spiro atoms. The van der Waals surface area contributed by atoms with Gasteiger partial charge in [0, 0.05) is 11.4 Å². The summed E-state index contributed by atoms with van der Waals surface area (Å²) in [7, 11) is 0. The lowest BCUT2D eigenvalue weighted by Gasteiger charge is -2.29. The summed E-state index contributed by atoms with van der Waals surface area (Å²) in [5, 5.41) is 0. The third kappa shape index (κ3) is 2.51. The lowest BCUT2D eigenvalue weighted by molar-refractivity contribution is -0.135. The lowest BCUT2D eigenvalue weighted by atomic mass is 10.1. The van der Waals surface area contributed by atoms with Crippen molar-refractivity contribution >= 4 is 28.8 Å². The van der Waals surface area contributed by atoms with E-state index in [0.717, 1.165) is 28.6 Å². The molecule has 1 amide bonds. The van der Waals surface area contributed by atoms with Crippen LogP contribution in [-0.4, -0.2) is 23.4 Å². The number of amides is 1. The third-order valence-electron chi connectivity index (χ3n) is 2.55. The summed E-state index contributed by atoms with van der Waals surface area (Å²) < 4.78 is 0.763. The molecule has 2 N–H and O–H groups in total. The number of nitrogens with zero attached hydrogens (tertiary/aromatic N) is 1. The van der Waals surface area contributed by atoms with E-state index in [0.29, 0.717) is 6.54 Å². The van der Waals surface area contributed by atoms with Gasteiger partial charge in [0.05, 0.1) is 16.9 Å². The van der Waals surface area contributed by atoms with E-state index >= 15 is 0 Å². The van der Waals surface area contributed by atoms with Crippen LogP contribution in [0, 0.1) is 0 Å². The van der Waals surface area contributed by atoms with E-state index in [4.69, 9.17) is 17.3 Å².